The molecular formula is C15H14N3OS. The lowest BCUT2D eigenvalue weighted by molar-refractivity contribution is 0.572. The lowest BCUT2D eigenvalue weighted by atomic mass is 10.0. The summed E-state index contributed by atoms with van der Waals surface area (Å²) in [6, 6.07) is 2.07. The van der Waals surface area contributed by atoms with Gasteiger partial charge in [-0.05, 0) is 18.9 Å². The van der Waals surface area contributed by atoms with Gasteiger partial charge in [0.05, 0.1) is 22.8 Å². The van der Waals surface area contributed by atoms with Gasteiger partial charge < -0.3 is 4.42 Å². The van der Waals surface area contributed by atoms with E-state index in [0.29, 0.717) is 0 Å². The van der Waals surface area contributed by atoms with Crippen LogP contribution in [0.4, 0.5) is 0 Å². The number of thiazole rings is 1. The Morgan fingerprint density at radius 3 is 2.95 bits per heavy atom. The van der Waals surface area contributed by atoms with Gasteiger partial charge in [-0.25, -0.2) is 4.98 Å². The van der Waals surface area contributed by atoms with Crippen LogP contribution in [0.3, 0.4) is 0 Å². The SMILES string of the molecule is CCCCc1cc(-c2cnco2)c(-c2cncs2)[c]n1. The molecule has 3 heterocycles. The van der Waals surface area contributed by atoms with E-state index in [0.717, 1.165) is 46.7 Å². The molecule has 4 nitrogen and oxygen atoms in total. The first-order valence-corrected chi connectivity index (χ1v) is 7.45. The molecule has 0 saturated carbocycles. The highest BCUT2D eigenvalue weighted by atomic mass is 32.1. The van der Waals surface area contributed by atoms with E-state index in [1.54, 1.807) is 23.0 Å². The van der Waals surface area contributed by atoms with Crippen molar-refractivity contribution in [1.82, 2.24) is 15.0 Å². The molecule has 0 fully saturated rings. The highest BCUT2D eigenvalue weighted by Crippen LogP contribution is 2.33. The molecule has 0 bridgehead atoms. The van der Waals surface area contributed by atoms with Crippen molar-refractivity contribution in [3.8, 4) is 21.8 Å². The predicted octanol–water partition coefficient (Wildman–Crippen LogP) is 4.00. The summed E-state index contributed by atoms with van der Waals surface area (Å²) in [5.74, 6) is 0.741. The maximum Gasteiger partial charge on any atom is 0.181 e. The van der Waals surface area contributed by atoms with Gasteiger partial charge in [0.25, 0.3) is 0 Å². The maximum absolute atomic E-state index is 5.44. The van der Waals surface area contributed by atoms with Crippen LogP contribution >= 0.6 is 11.3 Å². The van der Waals surface area contributed by atoms with Crippen LogP contribution in [-0.2, 0) is 6.42 Å². The van der Waals surface area contributed by atoms with Gasteiger partial charge >= 0.3 is 0 Å². The summed E-state index contributed by atoms with van der Waals surface area (Å²) in [6.07, 6.45) is 11.3. The molecule has 0 N–H and O–H groups in total. The molecular weight excluding hydrogens is 270 g/mol. The first-order valence-electron chi connectivity index (χ1n) is 6.58. The molecule has 0 saturated heterocycles. The van der Waals surface area contributed by atoms with Gasteiger partial charge in [0, 0.05) is 23.0 Å². The quantitative estimate of drug-likeness (QED) is 0.710. The summed E-state index contributed by atoms with van der Waals surface area (Å²) >= 11 is 1.57. The second kappa shape index (κ2) is 5.96. The number of oxazole rings is 1. The van der Waals surface area contributed by atoms with Crippen molar-refractivity contribution >= 4 is 11.3 Å². The second-order valence-corrected chi connectivity index (χ2v) is 5.37. The number of hydrogen-bond acceptors (Lipinski definition) is 5. The van der Waals surface area contributed by atoms with E-state index >= 15 is 0 Å². The largest absolute Gasteiger partial charge is 0.443 e. The van der Waals surface area contributed by atoms with E-state index in [1.807, 2.05) is 6.20 Å². The Bertz CT molecular complexity index is 663. The van der Waals surface area contributed by atoms with Gasteiger partial charge in [0.15, 0.2) is 12.2 Å². The van der Waals surface area contributed by atoms with Crippen LogP contribution < -0.4 is 0 Å². The van der Waals surface area contributed by atoms with Crippen molar-refractivity contribution in [2.24, 2.45) is 0 Å². The van der Waals surface area contributed by atoms with E-state index in [2.05, 4.69) is 34.1 Å². The molecule has 3 aromatic heterocycles. The Hall–Kier alpha value is -2.01. The molecule has 3 aromatic rings. The molecule has 0 aromatic carbocycles. The number of unbranched alkanes of at least 4 members (excludes halogenated alkanes) is 1. The fourth-order valence-corrected chi connectivity index (χ4v) is 2.65. The number of hydrogen-bond donors (Lipinski definition) is 0. The molecule has 0 spiro atoms. The minimum absolute atomic E-state index is 0.741. The molecule has 0 amide bonds. The van der Waals surface area contributed by atoms with Crippen LogP contribution in [0.15, 0.2) is 34.8 Å². The fourth-order valence-electron chi connectivity index (χ4n) is 2.02. The van der Waals surface area contributed by atoms with Gasteiger partial charge in [0.2, 0.25) is 0 Å². The van der Waals surface area contributed by atoms with Crippen LogP contribution in [0, 0.1) is 6.20 Å². The smallest absolute Gasteiger partial charge is 0.181 e. The Morgan fingerprint density at radius 2 is 2.25 bits per heavy atom. The average Bonchev–Trinajstić information content (AvgIpc) is 3.17. The summed E-state index contributed by atoms with van der Waals surface area (Å²) in [5, 5.41) is 0. The highest BCUT2D eigenvalue weighted by Gasteiger charge is 2.13. The van der Waals surface area contributed by atoms with Crippen molar-refractivity contribution in [1.29, 1.82) is 0 Å². The van der Waals surface area contributed by atoms with Gasteiger partial charge in [-0.2, -0.15) is 0 Å². The van der Waals surface area contributed by atoms with Crippen LogP contribution in [0.2, 0.25) is 0 Å². The van der Waals surface area contributed by atoms with Gasteiger partial charge in [-0.1, -0.05) is 13.3 Å². The number of rotatable bonds is 5. The Kier molecular flexibility index (Phi) is 3.87. The van der Waals surface area contributed by atoms with Gasteiger partial charge in [0.1, 0.15) is 0 Å². The standard InChI is InChI=1S/C15H14N3OS/c1-2-3-4-11-5-12(14-7-16-9-19-14)13(6-18-11)15-8-17-10-20-15/h5,7-10H,2-4H2,1H3. The van der Waals surface area contributed by atoms with Crippen LogP contribution in [0.5, 0.6) is 0 Å². The van der Waals surface area contributed by atoms with Crippen molar-refractivity contribution in [2.45, 2.75) is 26.2 Å². The zero-order valence-electron chi connectivity index (χ0n) is 11.2. The van der Waals surface area contributed by atoms with E-state index in [9.17, 15) is 0 Å². The minimum Gasteiger partial charge on any atom is -0.443 e. The van der Waals surface area contributed by atoms with Crippen molar-refractivity contribution in [3.63, 3.8) is 0 Å². The first-order chi connectivity index (χ1) is 9.88. The van der Waals surface area contributed by atoms with Crippen molar-refractivity contribution < 1.29 is 4.42 Å². The van der Waals surface area contributed by atoms with Gasteiger partial charge in [-0.15, -0.1) is 11.3 Å². The third kappa shape index (κ3) is 2.63. The summed E-state index contributed by atoms with van der Waals surface area (Å²) in [5.41, 5.74) is 4.74. The molecule has 5 heteroatoms. The monoisotopic (exact) mass is 284 g/mol. The molecule has 0 aliphatic rings. The van der Waals surface area contributed by atoms with E-state index in [-0.39, 0.29) is 0 Å². The second-order valence-electron chi connectivity index (χ2n) is 4.48. The normalized spacial score (nSPS) is 10.8. The number of aromatic nitrogens is 3. The highest BCUT2D eigenvalue weighted by molar-refractivity contribution is 7.13. The van der Waals surface area contributed by atoms with Gasteiger partial charge in [-0.3, -0.25) is 9.97 Å². The molecule has 3 rings (SSSR count). The van der Waals surface area contributed by atoms with E-state index < -0.39 is 0 Å². The topological polar surface area (TPSA) is 51.8 Å². The van der Waals surface area contributed by atoms with Crippen molar-refractivity contribution in [2.75, 3.05) is 0 Å². The molecule has 20 heavy (non-hydrogen) atoms. The zero-order valence-corrected chi connectivity index (χ0v) is 12.0. The lowest BCUT2D eigenvalue weighted by Gasteiger charge is -2.07. The van der Waals surface area contributed by atoms with Crippen LogP contribution in [0.25, 0.3) is 21.8 Å². The molecule has 0 atom stereocenters. The summed E-state index contributed by atoms with van der Waals surface area (Å²) in [4.78, 5) is 13.6. The third-order valence-electron chi connectivity index (χ3n) is 3.05. The molecule has 0 unspecified atom stereocenters. The Balaban J connectivity index is 2.06. The summed E-state index contributed by atoms with van der Waals surface area (Å²) in [6.45, 7) is 2.17. The van der Waals surface area contributed by atoms with E-state index in [1.165, 1.54) is 6.39 Å². The van der Waals surface area contributed by atoms with Crippen LogP contribution in [-0.4, -0.2) is 15.0 Å². The van der Waals surface area contributed by atoms with Crippen LogP contribution in [0.1, 0.15) is 25.5 Å². The van der Waals surface area contributed by atoms with E-state index in [4.69, 9.17) is 4.42 Å². The number of aryl methyl sites for hydroxylation is 1. The molecule has 1 radical (unpaired) electrons. The molecule has 101 valence electrons. The fraction of sp³-hybridized carbons (Fsp3) is 0.267. The number of nitrogens with zero attached hydrogens (tertiary/aromatic N) is 3. The predicted molar refractivity (Wildman–Crippen MR) is 78.3 cm³/mol. The Labute approximate surface area is 121 Å². The van der Waals surface area contributed by atoms with Crippen molar-refractivity contribution in [3.05, 3.63) is 42.3 Å². The summed E-state index contributed by atoms with van der Waals surface area (Å²) < 4.78 is 5.44. The third-order valence-corrected chi connectivity index (χ3v) is 3.85. The zero-order chi connectivity index (χ0) is 13.8. The number of pyridine rings is 1. The molecule has 0 aliphatic heterocycles. The first kappa shape index (κ1) is 13.0. The molecule has 0 aliphatic carbocycles. The lowest BCUT2D eigenvalue weighted by Crippen LogP contribution is -1.93. The maximum atomic E-state index is 5.44. The average molecular weight is 284 g/mol. The Morgan fingerprint density at radius 1 is 1.30 bits per heavy atom. The minimum atomic E-state index is 0.741. The summed E-state index contributed by atoms with van der Waals surface area (Å²) in [7, 11) is 0.